The van der Waals surface area contributed by atoms with Crippen molar-refractivity contribution in [3.05, 3.63) is 84.2 Å². The van der Waals surface area contributed by atoms with Gasteiger partial charge in [-0.1, -0.05) is 29.8 Å². The number of phenolic OH excluding ortho intramolecular Hbond substituents is 1. The number of methoxy groups -OCH3 is 1. The Labute approximate surface area is 211 Å². The number of halogens is 3. The van der Waals surface area contributed by atoms with Crippen LogP contribution in [0.15, 0.2) is 67.1 Å². The van der Waals surface area contributed by atoms with Gasteiger partial charge in [0.15, 0.2) is 11.5 Å². The van der Waals surface area contributed by atoms with Gasteiger partial charge >= 0.3 is 0 Å². The number of nitrogens with one attached hydrogen (secondary N) is 1. The Morgan fingerprint density at radius 1 is 1.03 bits per heavy atom. The summed E-state index contributed by atoms with van der Waals surface area (Å²) in [7, 11) is 1.56. The van der Waals surface area contributed by atoms with Gasteiger partial charge in [-0.15, -0.1) is 0 Å². The Morgan fingerprint density at radius 3 is 2.31 bits per heavy atom. The summed E-state index contributed by atoms with van der Waals surface area (Å²) in [4.78, 5) is 12.3. The highest BCUT2D eigenvalue weighted by atomic mass is 79.9. The molecule has 0 aromatic heterocycles. The van der Waals surface area contributed by atoms with Crippen LogP contribution < -0.4 is 14.9 Å². The van der Waals surface area contributed by atoms with E-state index in [1.807, 2.05) is 31.2 Å². The fourth-order valence-electron chi connectivity index (χ4n) is 2.69. The molecule has 3 aromatic carbocycles. The third kappa shape index (κ3) is 6.11. The number of hydrogen-bond donors (Lipinski definition) is 2. The van der Waals surface area contributed by atoms with Crippen LogP contribution >= 0.6 is 47.8 Å². The molecule has 0 atom stereocenters. The molecule has 9 heteroatoms. The van der Waals surface area contributed by atoms with Gasteiger partial charge in [0.1, 0.15) is 12.4 Å². The van der Waals surface area contributed by atoms with Crippen molar-refractivity contribution in [2.45, 2.75) is 13.5 Å². The summed E-state index contributed by atoms with van der Waals surface area (Å²) in [6.07, 6.45) is 1.50. The molecule has 2 N–H and O–H groups in total. The van der Waals surface area contributed by atoms with E-state index in [9.17, 15) is 9.90 Å². The molecule has 0 bridgehead atoms. The van der Waals surface area contributed by atoms with Crippen LogP contribution in [0.25, 0.3) is 0 Å². The maximum atomic E-state index is 12.3. The zero-order valence-corrected chi connectivity index (χ0v) is 21.9. The first-order valence-corrected chi connectivity index (χ1v) is 11.7. The van der Waals surface area contributed by atoms with E-state index < -0.39 is 5.91 Å². The topological polar surface area (TPSA) is 80.2 Å². The van der Waals surface area contributed by atoms with E-state index in [-0.39, 0.29) is 5.75 Å². The molecular weight excluding hydrogens is 608 g/mol. The lowest BCUT2D eigenvalue weighted by molar-refractivity contribution is 0.0955. The summed E-state index contributed by atoms with van der Waals surface area (Å²) in [5.74, 6) is 0.717. The Morgan fingerprint density at radius 2 is 1.69 bits per heavy atom. The average molecular weight is 627 g/mol. The molecule has 0 radical (unpaired) electrons. The van der Waals surface area contributed by atoms with E-state index in [4.69, 9.17) is 9.47 Å². The molecule has 1 amide bonds. The van der Waals surface area contributed by atoms with Crippen LogP contribution in [0, 0.1) is 6.92 Å². The summed E-state index contributed by atoms with van der Waals surface area (Å²) < 4.78 is 12.9. The molecule has 0 saturated carbocycles. The predicted molar refractivity (Wildman–Crippen MR) is 135 cm³/mol. The monoisotopic (exact) mass is 624 g/mol. The predicted octanol–water partition coefficient (Wildman–Crippen LogP) is 6.34. The molecule has 166 valence electrons. The minimum Gasteiger partial charge on any atom is -0.506 e. The number of amides is 1. The van der Waals surface area contributed by atoms with Crippen LogP contribution in [-0.4, -0.2) is 24.3 Å². The zero-order chi connectivity index (χ0) is 23.3. The minimum atomic E-state index is -0.427. The van der Waals surface area contributed by atoms with Crippen molar-refractivity contribution in [3.63, 3.8) is 0 Å². The number of phenols is 1. The first-order valence-electron chi connectivity index (χ1n) is 9.35. The number of aromatic hydroxyl groups is 1. The first-order chi connectivity index (χ1) is 15.3. The lowest BCUT2D eigenvalue weighted by Gasteiger charge is -2.13. The molecule has 0 aliphatic carbocycles. The van der Waals surface area contributed by atoms with Crippen molar-refractivity contribution in [2.24, 2.45) is 5.10 Å². The number of benzene rings is 3. The molecule has 3 aromatic rings. The number of rotatable bonds is 7. The normalized spacial score (nSPS) is 10.9. The van der Waals surface area contributed by atoms with E-state index in [0.717, 1.165) is 10.0 Å². The minimum absolute atomic E-state index is 0.0192. The standard InChI is InChI=1S/C23H19Br3N2O4/c1-13-3-5-14(6-4-13)12-32-21-10-17(24)16(9-20(21)31-2)11-27-28-23(30)15-7-18(25)22(29)19(26)8-15/h3-11,29H,12H2,1-2H3,(H,28,30). The van der Waals surface area contributed by atoms with Gasteiger partial charge in [0.25, 0.3) is 5.91 Å². The third-order valence-corrected chi connectivity index (χ3v) is 6.34. The van der Waals surface area contributed by atoms with Gasteiger partial charge in [-0.25, -0.2) is 5.43 Å². The molecule has 0 aliphatic heterocycles. The van der Waals surface area contributed by atoms with Crippen molar-refractivity contribution in [3.8, 4) is 17.2 Å². The van der Waals surface area contributed by atoms with Gasteiger partial charge in [-0.3, -0.25) is 4.79 Å². The highest BCUT2D eigenvalue weighted by Crippen LogP contribution is 2.34. The number of hydrazone groups is 1. The lowest BCUT2D eigenvalue weighted by atomic mass is 10.2. The molecule has 6 nitrogen and oxygen atoms in total. The van der Waals surface area contributed by atoms with Gasteiger partial charge in [0, 0.05) is 15.6 Å². The summed E-state index contributed by atoms with van der Waals surface area (Å²) in [6.45, 7) is 2.44. The van der Waals surface area contributed by atoms with Crippen LogP contribution in [0.2, 0.25) is 0 Å². The van der Waals surface area contributed by atoms with Gasteiger partial charge < -0.3 is 14.6 Å². The molecular formula is C23H19Br3N2O4. The molecule has 0 saturated heterocycles. The van der Waals surface area contributed by atoms with Crippen molar-refractivity contribution in [1.29, 1.82) is 0 Å². The van der Waals surface area contributed by atoms with Crippen LogP contribution in [0.1, 0.15) is 27.0 Å². The van der Waals surface area contributed by atoms with Gasteiger partial charge in [0.2, 0.25) is 0 Å². The average Bonchev–Trinajstić information content (AvgIpc) is 2.77. The van der Waals surface area contributed by atoms with Crippen LogP contribution in [0.3, 0.4) is 0 Å². The summed E-state index contributed by atoms with van der Waals surface area (Å²) in [5, 5.41) is 13.8. The van der Waals surface area contributed by atoms with Gasteiger partial charge in [-0.2, -0.15) is 5.10 Å². The maximum Gasteiger partial charge on any atom is 0.271 e. The first kappa shape index (κ1) is 24.3. The highest BCUT2D eigenvalue weighted by Gasteiger charge is 2.12. The van der Waals surface area contributed by atoms with Crippen LogP contribution in [0.5, 0.6) is 17.2 Å². The van der Waals surface area contributed by atoms with Gasteiger partial charge in [-0.05, 0) is 84.5 Å². The Kier molecular flexibility index (Phi) is 8.33. The summed E-state index contributed by atoms with van der Waals surface area (Å²) in [6, 6.07) is 14.7. The second kappa shape index (κ2) is 11.0. The molecule has 0 aliphatic rings. The quantitative estimate of drug-likeness (QED) is 0.237. The highest BCUT2D eigenvalue weighted by molar-refractivity contribution is 9.11. The number of nitrogens with zero attached hydrogens (tertiary/aromatic N) is 1. The molecule has 3 rings (SSSR count). The number of ether oxygens (including phenoxy) is 2. The van der Waals surface area contributed by atoms with Crippen LogP contribution in [-0.2, 0) is 6.61 Å². The fraction of sp³-hybridized carbons (Fsp3) is 0.130. The summed E-state index contributed by atoms with van der Waals surface area (Å²) in [5.41, 5.74) is 5.73. The SMILES string of the molecule is COc1cc(C=NNC(=O)c2cc(Br)c(O)c(Br)c2)c(Br)cc1OCc1ccc(C)cc1. The second-order valence-electron chi connectivity index (χ2n) is 6.79. The van der Waals surface area contributed by atoms with E-state index in [0.29, 0.717) is 38.2 Å². The second-order valence-corrected chi connectivity index (χ2v) is 9.35. The maximum absolute atomic E-state index is 12.3. The van der Waals surface area contributed by atoms with E-state index in [1.165, 1.54) is 23.9 Å². The van der Waals surface area contributed by atoms with E-state index in [2.05, 4.69) is 58.3 Å². The van der Waals surface area contributed by atoms with Crippen molar-refractivity contribution in [2.75, 3.05) is 7.11 Å². The summed E-state index contributed by atoms with van der Waals surface area (Å²) >= 11 is 9.91. The molecule has 0 fully saturated rings. The van der Waals surface area contributed by atoms with E-state index >= 15 is 0 Å². The fourth-order valence-corrected chi connectivity index (χ4v) is 4.30. The number of aryl methyl sites for hydroxylation is 1. The molecule has 32 heavy (non-hydrogen) atoms. The van der Waals surface area contributed by atoms with Crippen LogP contribution in [0.4, 0.5) is 0 Å². The van der Waals surface area contributed by atoms with E-state index in [1.54, 1.807) is 19.2 Å². The Bertz CT molecular complexity index is 1140. The van der Waals surface area contributed by atoms with Crippen molar-refractivity contribution >= 4 is 59.9 Å². The number of carbonyl (C=O) groups is 1. The smallest absolute Gasteiger partial charge is 0.271 e. The molecule has 0 spiro atoms. The van der Waals surface area contributed by atoms with Crippen molar-refractivity contribution in [1.82, 2.24) is 5.43 Å². The third-order valence-electron chi connectivity index (χ3n) is 4.45. The largest absolute Gasteiger partial charge is 0.506 e. The molecule has 0 heterocycles. The Hall–Kier alpha value is -2.36. The number of carbonyl (C=O) groups excluding carboxylic acids is 1. The number of hydrogen-bond acceptors (Lipinski definition) is 5. The van der Waals surface area contributed by atoms with Gasteiger partial charge in [0.05, 0.1) is 22.3 Å². The zero-order valence-electron chi connectivity index (χ0n) is 17.2. The lowest BCUT2D eigenvalue weighted by Crippen LogP contribution is -2.17. The Balaban J connectivity index is 1.70. The van der Waals surface area contributed by atoms with Crippen molar-refractivity contribution < 1.29 is 19.4 Å². The molecule has 0 unspecified atom stereocenters.